The summed E-state index contributed by atoms with van der Waals surface area (Å²) in [4.78, 5) is 30.5. The van der Waals surface area contributed by atoms with Gasteiger partial charge in [0.05, 0.1) is 10.2 Å². The van der Waals surface area contributed by atoms with Gasteiger partial charge < -0.3 is 14.9 Å². The molecule has 1 saturated heterocycles. The zero-order valence-corrected chi connectivity index (χ0v) is 11.5. The number of piperazine rings is 1. The van der Waals surface area contributed by atoms with Crippen LogP contribution in [0.2, 0.25) is 0 Å². The van der Waals surface area contributed by atoms with Gasteiger partial charge in [0.2, 0.25) is 0 Å². The molecule has 1 aliphatic heterocycles. The number of hydrogen-bond donors (Lipinski definition) is 1. The van der Waals surface area contributed by atoms with Crippen LogP contribution in [0.1, 0.15) is 9.80 Å². The van der Waals surface area contributed by atoms with Crippen LogP contribution in [-0.2, 0) is 0 Å². The van der Waals surface area contributed by atoms with Gasteiger partial charge in [-0.05, 0) is 12.1 Å². The highest BCUT2D eigenvalue weighted by atomic mass is 32.1. The second-order valence-corrected chi connectivity index (χ2v) is 5.58. The maximum Gasteiger partial charge on any atom is 0.407 e. The van der Waals surface area contributed by atoms with Crippen molar-refractivity contribution in [3.8, 4) is 0 Å². The molecule has 1 N–H and O–H groups in total. The average Bonchev–Trinajstić information content (AvgIpc) is 2.90. The predicted octanol–water partition coefficient (Wildman–Crippen LogP) is 1.73. The van der Waals surface area contributed by atoms with Gasteiger partial charge in [-0.2, -0.15) is 0 Å². The lowest BCUT2D eigenvalue weighted by Gasteiger charge is -2.32. The zero-order valence-electron chi connectivity index (χ0n) is 10.7. The van der Waals surface area contributed by atoms with Crippen LogP contribution in [0.15, 0.2) is 24.3 Å². The Morgan fingerprint density at radius 1 is 1.10 bits per heavy atom. The molecule has 3 rings (SSSR count). The Balaban J connectivity index is 1.75. The molecule has 0 saturated carbocycles. The summed E-state index contributed by atoms with van der Waals surface area (Å²) in [7, 11) is 0. The Morgan fingerprint density at radius 3 is 2.40 bits per heavy atom. The third-order valence-corrected chi connectivity index (χ3v) is 4.34. The number of rotatable bonds is 1. The van der Waals surface area contributed by atoms with E-state index in [1.54, 1.807) is 4.90 Å². The number of carbonyl (C=O) groups is 2. The van der Waals surface area contributed by atoms with Crippen LogP contribution in [-0.4, -0.2) is 58.1 Å². The van der Waals surface area contributed by atoms with Crippen molar-refractivity contribution < 1.29 is 14.7 Å². The molecule has 1 aromatic heterocycles. The Kier molecular flexibility index (Phi) is 3.27. The summed E-state index contributed by atoms with van der Waals surface area (Å²) in [5.41, 5.74) is 0.824. The van der Waals surface area contributed by atoms with Gasteiger partial charge >= 0.3 is 6.09 Å². The second-order valence-electron chi connectivity index (χ2n) is 4.55. The molecule has 0 spiro atoms. The van der Waals surface area contributed by atoms with E-state index in [9.17, 15) is 9.59 Å². The summed E-state index contributed by atoms with van der Waals surface area (Å²) in [6.45, 7) is 1.54. The standard InChI is InChI=1S/C13H13N3O3S/c17-12(15-5-7-16(8-6-15)13(18)19)11-14-9-3-1-2-4-10(9)20-11/h1-4H,5-8H2,(H,18,19). The summed E-state index contributed by atoms with van der Waals surface area (Å²) in [5, 5.41) is 9.36. The molecule has 7 heteroatoms. The first-order chi connectivity index (χ1) is 9.65. The Labute approximate surface area is 119 Å². The van der Waals surface area contributed by atoms with E-state index in [4.69, 9.17) is 5.11 Å². The Bertz CT molecular complexity index is 629. The number of para-hydroxylation sites is 1. The van der Waals surface area contributed by atoms with Gasteiger partial charge in [-0.1, -0.05) is 12.1 Å². The molecular weight excluding hydrogens is 278 g/mol. The molecule has 0 aliphatic carbocycles. The smallest absolute Gasteiger partial charge is 0.407 e. The largest absolute Gasteiger partial charge is 0.465 e. The van der Waals surface area contributed by atoms with Crippen LogP contribution in [0, 0.1) is 0 Å². The van der Waals surface area contributed by atoms with E-state index in [0.717, 1.165) is 10.2 Å². The van der Waals surface area contributed by atoms with Crippen molar-refractivity contribution in [2.45, 2.75) is 0 Å². The number of carbonyl (C=O) groups excluding carboxylic acids is 1. The molecule has 6 nitrogen and oxygen atoms in total. The quantitative estimate of drug-likeness (QED) is 0.868. The minimum absolute atomic E-state index is 0.115. The topological polar surface area (TPSA) is 73.7 Å². The summed E-state index contributed by atoms with van der Waals surface area (Å²) >= 11 is 1.37. The van der Waals surface area contributed by atoms with Crippen LogP contribution in [0.3, 0.4) is 0 Å². The number of benzene rings is 1. The normalized spacial score (nSPS) is 15.6. The van der Waals surface area contributed by atoms with E-state index >= 15 is 0 Å². The minimum atomic E-state index is -0.933. The van der Waals surface area contributed by atoms with Gasteiger partial charge in [0.15, 0.2) is 5.01 Å². The van der Waals surface area contributed by atoms with Gasteiger partial charge in [-0.25, -0.2) is 9.78 Å². The molecule has 2 amide bonds. The predicted molar refractivity (Wildman–Crippen MR) is 75.1 cm³/mol. The fourth-order valence-electron chi connectivity index (χ4n) is 2.20. The number of nitrogens with zero attached hydrogens (tertiary/aromatic N) is 3. The van der Waals surface area contributed by atoms with Crippen LogP contribution in [0.25, 0.3) is 10.2 Å². The average molecular weight is 291 g/mol. The number of hydrogen-bond acceptors (Lipinski definition) is 4. The van der Waals surface area contributed by atoms with Gasteiger partial charge in [-0.15, -0.1) is 11.3 Å². The lowest BCUT2D eigenvalue weighted by molar-refractivity contribution is 0.0624. The molecule has 0 bridgehead atoms. The zero-order chi connectivity index (χ0) is 14.1. The van der Waals surface area contributed by atoms with Gasteiger partial charge in [0, 0.05) is 26.2 Å². The van der Waals surface area contributed by atoms with Crippen molar-refractivity contribution in [3.05, 3.63) is 29.3 Å². The molecule has 104 valence electrons. The van der Waals surface area contributed by atoms with Crippen LogP contribution in [0.4, 0.5) is 4.79 Å². The first-order valence-corrected chi connectivity index (χ1v) is 7.09. The maximum absolute atomic E-state index is 12.4. The molecule has 2 heterocycles. The van der Waals surface area contributed by atoms with Crippen molar-refractivity contribution in [2.75, 3.05) is 26.2 Å². The molecule has 1 fully saturated rings. The summed E-state index contributed by atoms with van der Waals surface area (Å²) < 4.78 is 0.986. The number of thiazole rings is 1. The van der Waals surface area contributed by atoms with Crippen molar-refractivity contribution >= 4 is 33.6 Å². The lowest BCUT2D eigenvalue weighted by atomic mass is 10.3. The third-order valence-electron chi connectivity index (χ3n) is 3.31. The van der Waals surface area contributed by atoms with Gasteiger partial charge in [0.1, 0.15) is 0 Å². The Hall–Kier alpha value is -2.15. The highest BCUT2D eigenvalue weighted by Gasteiger charge is 2.26. The van der Waals surface area contributed by atoms with Crippen LogP contribution < -0.4 is 0 Å². The molecule has 20 heavy (non-hydrogen) atoms. The fourth-order valence-corrected chi connectivity index (χ4v) is 3.13. The Morgan fingerprint density at radius 2 is 1.75 bits per heavy atom. The second kappa shape index (κ2) is 5.09. The molecular formula is C13H13N3O3S. The summed E-state index contributed by atoms with van der Waals surface area (Å²) in [6.07, 6.45) is -0.933. The van der Waals surface area contributed by atoms with E-state index in [1.807, 2.05) is 24.3 Å². The first kappa shape index (κ1) is 12.9. The fraction of sp³-hybridized carbons (Fsp3) is 0.308. The van der Waals surface area contributed by atoms with E-state index in [0.29, 0.717) is 31.2 Å². The van der Waals surface area contributed by atoms with Crippen LogP contribution >= 0.6 is 11.3 Å². The lowest BCUT2D eigenvalue weighted by Crippen LogP contribution is -2.50. The monoisotopic (exact) mass is 291 g/mol. The number of amides is 2. The number of fused-ring (bicyclic) bond motifs is 1. The van der Waals surface area contributed by atoms with Crippen molar-refractivity contribution in [1.29, 1.82) is 0 Å². The molecule has 1 aliphatic rings. The minimum Gasteiger partial charge on any atom is -0.465 e. The molecule has 2 aromatic rings. The molecule has 0 unspecified atom stereocenters. The van der Waals surface area contributed by atoms with E-state index in [1.165, 1.54) is 16.2 Å². The van der Waals surface area contributed by atoms with E-state index < -0.39 is 6.09 Å². The highest BCUT2D eigenvalue weighted by molar-refractivity contribution is 7.20. The van der Waals surface area contributed by atoms with Crippen molar-refractivity contribution in [1.82, 2.24) is 14.8 Å². The van der Waals surface area contributed by atoms with Crippen molar-refractivity contribution in [3.63, 3.8) is 0 Å². The van der Waals surface area contributed by atoms with Crippen LogP contribution in [0.5, 0.6) is 0 Å². The molecule has 0 radical (unpaired) electrons. The van der Waals surface area contributed by atoms with E-state index in [2.05, 4.69) is 4.98 Å². The SMILES string of the molecule is O=C(O)N1CCN(C(=O)c2nc3ccccc3s2)CC1. The number of aromatic nitrogens is 1. The van der Waals surface area contributed by atoms with Crippen molar-refractivity contribution in [2.24, 2.45) is 0 Å². The molecule has 0 atom stereocenters. The maximum atomic E-state index is 12.4. The van der Waals surface area contributed by atoms with E-state index in [-0.39, 0.29) is 5.91 Å². The summed E-state index contributed by atoms with van der Waals surface area (Å²) in [5.74, 6) is -0.115. The highest BCUT2D eigenvalue weighted by Crippen LogP contribution is 2.23. The van der Waals surface area contributed by atoms with Gasteiger partial charge in [-0.3, -0.25) is 4.79 Å². The summed E-state index contributed by atoms with van der Waals surface area (Å²) in [6, 6.07) is 7.62. The number of carboxylic acid groups (broad SMARTS) is 1. The molecule has 1 aromatic carbocycles. The first-order valence-electron chi connectivity index (χ1n) is 6.28. The van der Waals surface area contributed by atoms with Gasteiger partial charge in [0.25, 0.3) is 5.91 Å². The third kappa shape index (κ3) is 2.32.